The van der Waals surface area contributed by atoms with E-state index in [2.05, 4.69) is 0 Å². The molecule has 16 heavy (non-hydrogen) atoms. The molecule has 0 spiro atoms. The van der Waals surface area contributed by atoms with Crippen molar-refractivity contribution in [3.8, 4) is 0 Å². The van der Waals surface area contributed by atoms with E-state index in [0.717, 1.165) is 16.4 Å². The number of hydrogen-bond donors (Lipinski definition) is 1. The van der Waals surface area contributed by atoms with Crippen LogP contribution in [0.5, 0.6) is 0 Å². The van der Waals surface area contributed by atoms with Gasteiger partial charge in [-0.15, -0.1) is 0 Å². The monoisotopic (exact) mass is 248 g/mol. The molecular weight excluding hydrogens is 238 g/mol. The molecule has 1 fully saturated rings. The lowest BCUT2D eigenvalue weighted by Crippen LogP contribution is -2.27. The van der Waals surface area contributed by atoms with Crippen LogP contribution in [0.2, 0.25) is 0 Å². The molecule has 0 aromatic heterocycles. The molecule has 7 heteroatoms. The van der Waals surface area contributed by atoms with Crippen LogP contribution in [-0.4, -0.2) is 20.7 Å². The van der Waals surface area contributed by atoms with Gasteiger partial charge in [-0.1, -0.05) is 0 Å². The highest BCUT2D eigenvalue weighted by Crippen LogP contribution is 2.30. The third-order valence-electron chi connectivity index (χ3n) is 2.39. The van der Waals surface area contributed by atoms with Crippen molar-refractivity contribution in [1.29, 1.82) is 0 Å². The molecule has 1 aliphatic rings. The molecule has 88 valence electrons. The van der Waals surface area contributed by atoms with Gasteiger partial charge in [0.2, 0.25) is 10.0 Å². The van der Waals surface area contributed by atoms with Crippen molar-refractivity contribution in [2.45, 2.75) is 6.42 Å². The van der Waals surface area contributed by atoms with Gasteiger partial charge in [0.15, 0.2) is 11.6 Å². The van der Waals surface area contributed by atoms with Crippen LogP contribution in [0.3, 0.4) is 0 Å². The summed E-state index contributed by atoms with van der Waals surface area (Å²) < 4.78 is 50.7. The van der Waals surface area contributed by atoms with Gasteiger partial charge in [-0.3, -0.25) is 4.31 Å². The molecule has 0 aliphatic carbocycles. The zero-order valence-electron chi connectivity index (χ0n) is 8.28. The second-order valence-corrected chi connectivity index (χ2v) is 5.59. The highest BCUT2D eigenvalue weighted by molar-refractivity contribution is 7.93. The number of nitrogens with zero attached hydrogens (tertiary/aromatic N) is 1. The van der Waals surface area contributed by atoms with E-state index in [9.17, 15) is 17.2 Å². The largest absolute Gasteiger partial charge is 0.399 e. The fourth-order valence-corrected chi connectivity index (χ4v) is 3.29. The summed E-state index contributed by atoms with van der Waals surface area (Å²) in [5.41, 5.74) is 4.64. The van der Waals surface area contributed by atoms with Crippen molar-refractivity contribution < 1.29 is 17.2 Å². The SMILES string of the molecule is Nc1cc(F)c(N2CCCS2(=O)=O)c(F)c1. The standard InChI is InChI=1S/C9H10F2N2O2S/c10-7-4-6(12)5-8(11)9(7)13-2-1-3-16(13,14)15/h4-5H,1-3,12H2. The zero-order valence-corrected chi connectivity index (χ0v) is 9.10. The molecular formula is C9H10F2N2O2S. The summed E-state index contributed by atoms with van der Waals surface area (Å²) in [6.45, 7) is 0.0973. The number of halogens is 2. The first-order chi connectivity index (χ1) is 7.42. The first-order valence-corrected chi connectivity index (χ1v) is 6.27. The molecule has 1 aliphatic heterocycles. The molecule has 1 aromatic rings. The minimum absolute atomic E-state index is 0.0738. The van der Waals surface area contributed by atoms with Gasteiger partial charge in [0, 0.05) is 12.2 Å². The van der Waals surface area contributed by atoms with Crippen LogP contribution in [0.4, 0.5) is 20.2 Å². The highest BCUT2D eigenvalue weighted by atomic mass is 32.2. The van der Waals surface area contributed by atoms with Crippen molar-refractivity contribution in [3.05, 3.63) is 23.8 Å². The molecule has 0 atom stereocenters. The van der Waals surface area contributed by atoms with E-state index in [1.165, 1.54) is 0 Å². The Morgan fingerprint density at radius 3 is 2.25 bits per heavy atom. The van der Waals surface area contributed by atoms with Gasteiger partial charge in [0.25, 0.3) is 0 Å². The Labute approximate surface area is 91.7 Å². The molecule has 2 rings (SSSR count). The molecule has 0 radical (unpaired) electrons. The van der Waals surface area contributed by atoms with Crippen LogP contribution in [0, 0.1) is 11.6 Å². The fraction of sp³-hybridized carbons (Fsp3) is 0.333. The summed E-state index contributed by atoms with van der Waals surface area (Å²) in [6.07, 6.45) is 0.367. The summed E-state index contributed by atoms with van der Waals surface area (Å²) in [5, 5.41) is 0. The third kappa shape index (κ3) is 1.71. The van der Waals surface area contributed by atoms with Crippen LogP contribution < -0.4 is 10.0 Å². The van der Waals surface area contributed by atoms with Gasteiger partial charge in [-0.05, 0) is 18.6 Å². The van der Waals surface area contributed by atoms with Gasteiger partial charge in [-0.2, -0.15) is 0 Å². The molecule has 0 saturated carbocycles. The predicted octanol–water partition coefficient (Wildman–Crippen LogP) is 1.09. The summed E-state index contributed by atoms with van der Waals surface area (Å²) in [5.74, 6) is -2.00. The topological polar surface area (TPSA) is 63.4 Å². The molecule has 1 heterocycles. The van der Waals surface area contributed by atoms with E-state index in [4.69, 9.17) is 5.73 Å². The van der Waals surface area contributed by atoms with Crippen molar-refractivity contribution in [2.75, 3.05) is 22.3 Å². The number of sulfonamides is 1. The molecule has 4 nitrogen and oxygen atoms in total. The summed E-state index contributed by atoms with van der Waals surface area (Å²) in [4.78, 5) is 0. The molecule has 0 bridgehead atoms. The Morgan fingerprint density at radius 1 is 1.25 bits per heavy atom. The number of hydrogen-bond acceptors (Lipinski definition) is 3. The fourth-order valence-electron chi connectivity index (χ4n) is 1.71. The van der Waals surface area contributed by atoms with E-state index in [1.54, 1.807) is 0 Å². The van der Waals surface area contributed by atoms with Gasteiger partial charge in [-0.25, -0.2) is 17.2 Å². The number of benzene rings is 1. The van der Waals surface area contributed by atoms with Gasteiger partial charge >= 0.3 is 0 Å². The van der Waals surface area contributed by atoms with Gasteiger partial charge < -0.3 is 5.73 Å². The van der Waals surface area contributed by atoms with Crippen LogP contribution in [0.1, 0.15) is 6.42 Å². The maximum absolute atomic E-state index is 13.5. The number of rotatable bonds is 1. The van der Waals surface area contributed by atoms with Crippen LogP contribution in [0.15, 0.2) is 12.1 Å². The Bertz CT molecular complexity index is 507. The minimum atomic E-state index is -3.59. The molecule has 0 unspecified atom stereocenters. The smallest absolute Gasteiger partial charge is 0.235 e. The lowest BCUT2D eigenvalue weighted by atomic mass is 10.2. The lowest BCUT2D eigenvalue weighted by molar-refractivity contribution is 0.574. The van der Waals surface area contributed by atoms with Crippen molar-refractivity contribution >= 4 is 21.4 Å². The Hall–Kier alpha value is -1.37. The van der Waals surface area contributed by atoms with Crippen LogP contribution >= 0.6 is 0 Å². The third-order valence-corrected chi connectivity index (χ3v) is 4.23. The normalized spacial score (nSPS) is 19.0. The van der Waals surface area contributed by atoms with E-state index in [0.29, 0.717) is 6.42 Å². The highest BCUT2D eigenvalue weighted by Gasteiger charge is 2.32. The minimum Gasteiger partial charge on any atom is -0.399 e. The quantitative estimate of drug-likeness (QED) is 0.756. The molecule has 0 amide bonds. The molecule has 1 saturated heterocycles. The van der Waals surface area contributed by atoms with E-state index in [-0.39, 0.29) is 18.0 Å². The van der Waals surface area contributed by atoms with Crippen molar-refractivity contribution in [3.63, 3.8) is 0 Å². The second-order valence-electron chi connectivity index (χ2n) is 3.57. The predicted molar refractivity (Wildman–Crippen MR) is 56.5 cm³/mol. The van der Waals surface area contributed by atoms with E-state index in [1.807, 2.05) is 0 Å². The first kappa shape index (κ1) is 11.1. The van der Waals surface area contributed by atoms with Crippen LogP contribution in [-0.2, 0) is 10.0 Å². The molecule has 2 N–H and O–H groups in total. The summed E-state index contributed by atoms with van der Waals surface area (Å²) >= 11 is 0. The number of anilines is 2. The first-order valence-electron chi connectivity index (χ1n) is 4.67. The average Bonchev–Trinajstić information content (AvgIpc) is 2.44. The average molecular weight is 248 g/mol. The Morgan fingerprint density at radius 2 is 1.81 bits per heavy atom. The van der Waals surface area contributed by atoms with Gasteiger partial charge in [0.1, 0.15) is 5.69 Å². The summed E-state index contributed by atoms with van der Waals surface area (Å²) in [6, 6.07) is 1.82. The number of nitrogen functional groups attached to an aromatic ring is 1. The van der Waals surface area contributed by atoms with Gasteiger partial charge in [0.05, 0.1) is 5.75 Å². The second kappa shape index (κ2) is 3.58. The maximum Gasteiger partial charge on any atom is 0.235 e. The maximum atomic E-state index is 13.5. The summed E-state index contributed by atoms with van der Waals surface area (Å²) in [7, 11) is -3.59. The Kier molecular flexibility index (Phi) is 2.49. The van der Waals surface area contributed by atoms with E-state index < -0.39 is 27.3 Å². The Balaban J connectivity index is 2.57. The van der Waals surface area contributed by atoms with Crippen molar-refractivity contribution in [1.82, 2.24) is 0 Å². The zero-order chi connectivity index (χ0) is 11.9. The number of nitrogens with two attached hydrogens (primary N) is 1. The lowest BCUT2D eigenvalue weighted by Gasteiger charge is -2.18. The van der Waals surface area contributed by atoms with Crippen LogP contribution in [0.25, 0.3) is 0 Å². The van der Waals surface area contributed by atoms with E-state index >= 15 is 0 Å². The van der Waals surface area contributed by atoms with Crippen molar-refractivity contribution in [2.24, 2.45) is 0 Å². The molecule has 1 aromatic carbocycles.